The molecule has 0 aliphatic heterocycles. The van der Waals surface area contributed by atoms with E-state index in [9.17, 15) is 14.4 Å². The van der Waals surface area contributed by atoms with E-state index in [1.54, 1.807) is 0 Å². The predicted molar refractivity (Wildman–Crippen MR) is 321 cm³/mol. The fourth-order valence-electron chi connectivity index (χ4n) is 9.62. The van der Waals surface area contributed by atoms with Gasteiger partial charge < -0.3 is 14.2 Å². The molecule has 0 spiro atoms. The molecule has 0 saturated carbocycles. The summed E-state index contributed by atoms with van der Waals surface area (Å²) in [7, 11) is 0. The first kappa shape index (κ1) is 71.4. The van der Waals surface area contributed by atoms with Crippen LogP contribution in [-0.4, -0.2) is 37.2 Å². The summed E-state index contributed by atoms with van der Waals surface area (Å²) >= 11 is 0. The molecule has 0 aliphatic rings. The number of esters is 3. The number of allylic oxidation sites excluding steroid dienone is 8. The van der Waals surface area contributed by atoms with Gasteiger partial charge in [0.25, 0.3) is 0 Å². The van der Waals surface area contributed by atoms with E-state index in [4.69, 9.17) is 14.2 Å². The average molecular weight is 1040 g/mol. The Balaban J connectivity index is 4.15. The van der Waals surface area contributed by atoms with Crippen molar-refractivity contribution in [2.45, 2.75) is 354 Å². The molecule has 0 radical (unpaired) electrons. The van der Waals surface area contributed by atoms with Crippen LogP contribution < -0.4 is 0 Å². The quantitative estimate of drug-likeness (QED) is 0.0261. The Morgan fingerprint density at radius 3 is 0.770 bits per heavy atom. The van der Waals surface area contributed by atoms with Gasteiger partial charge in [-0.05, 0) is 83.5 Å². The molecule has 0 aromatic heterocycles. The SMILES string of the molecule is CCCCCCC/C=C\C/C=C\C/C=C\CCCCCCCCCCCCC(=O)OCC(COC(=O)CCCCCCCCCC)OC(=O)CCCCCCCCCCCCC/C=C\CCCCCCCCCC. The molecule has 0 heterocycles. The van der Waals surface area contributed by atoms with Gasteiger partial charge in [0, 0.05) is 19.3 Å². The molecule has 0 rings (SSSR count). The van der Waals surface area contributed by atoms with E-state index in [1.807, 2.05) is 0 Å². The summed E-state index contributed by atoms with van der Waals surface area (Å²) in [5.74, 6) is -0.862. The monoisotopic (exact) mass is 1040 g/mol. The van der Waals surface area contributed by atoms with E-state index in [2.05, 4.69) is 69.4 Å². The number of rotatable bonds is 60. The molecule has 6 heteroatoms. The third kappa shape index (κ3) is 60.2. The lowest BCUT2D eigenvalue weighted by molar-refractivity contribution is -0.167. The average Bonchev–Trinajstić information content (AvgIpc) is 3.40. The highest BCUT2D eigenvalue weighted by Crippen LogP contribution is 2.17. The first-order valence-corrected chi connectivity index (χ1v) is 32.6. The number of hydrogen-bond donors (Lipinski definition) is 0. The van der Waals surface area contributed by atoms with Crippen molar-refractivity contribution in [3.63, 3.8) is 0 Å². The van der Waals surface area contributed by atoms with Crippen molar-refractivity contribution < 1.29 is 28.6 Å². The maximum atomic E-state index is 12.9. The van der Waals surface area contributed by atoms with Crippen molar-refractivity contribution in [3.8, 4) is 0 Å². The molecule has 432 valence electrons. The smallest absolute Gasteiger partial charge is 0.306 e. The zero-order valence-corrected chi connectivity index (χ0v) is 49.6. The second kappa shape index (κ2) is 62.9. The van der Waals surface area contributed by atoms with Crippen LogP contribution in [0.2, 0.25) is 0 Å². The predicted octanol–water partition coefficient (Wildman–Crippen LogP) is 22.2. The molecule has 0 aliphatic carbocycles. The molecule has 1 unspecified atom stereocenters. The number of carbonyl (C=O) groups excluding carboxylic acids is 3. The van der Waals surface area contributed by atoms with Gasteiger partial charge in [-0.3, -0.25) is 14.4 Å². The van der Waals surface area contributed by atoms with Crippen LogP contribution in [0.4, 0.5) is 0 Å². The van der Waals surface area contributed by atoms with Crippen LogP contribution in [-0.2, 0) is 28.6 Å². The fraction of sp³-hybridized carbons (Fsp3) is 0.838. The van der Waals surface area contributed by atoms with Crippen LogP contribution in [0.3, 0.4) is 0 Å². The van der Waals surface area contributed by atoms with Crippen LogP contribution in [0.15, 0.2) is 48.6 Å². The first-order valence-electron chi connectivity index (χ1n) is 32.6. The molecule has 74 heavy (non-hydrogen) atoms. The van der Waals surface area contributed by atoms with E-state index in [1.165, 1.54) is 238 Å². The Morgan fingerprint density at radius 1 is 0.270 bits per heavy atom. The van der Waals surface area contributed by atoms with Gasteiger partial charge in [0.1, 0.15) is 13.2 Å². The summed E-state index contributed by atoms with van der Waals surface area (Å²) in [4.78, 5) is 38.2. The van der Waals surface area contributed by atoms with E-state index in [0.717, 1.165) is 70.6 Å². The van der Waals surface area contributed by atoms with Gasteiger partial charge in [-0.15, -0.1) is 0 Å². The first-order chi connectivity index (χ1) is 36.5. The third-order valence-electron chi connectivity index (χ3n) is 14.6. The van der Waals surface area contributed by atoms with Gasteiger partial charge in [-0.1, -0.05) is 294 Å². The Hall–Kier alpha value is -2.63. The molecule has 0 saturated heterocycles. The van der Waals surface area contributed by atoms with Crippen molar-refractivity contribution in [3.05, 3.63) is 48.6 Å². The molecule has 0 fully saturated rings. The maximum Gasteiger partial charge on any atom is 0.306 e. The largest absolute Gasteiger partial charge is 0.462 e. The number of carbonyl (C=O) groups is 3. The van der Waals surface area contributed by atoms with Crippen LogP contribution in [0.5, 0.6) is 0 Å². The minimum Gasteiger partial charge on any atom is -0.462 e. The summed E-state index contributed by atoms with van der Waals surface area (Å²) in [5.41, 5.74) is 0. The molecular formula is C68H124O6. The molecule has 0 aromatic rings. The molecule has 0 aromatic carbocycles. The topological polar surface area (TPSA) is 78.9 Å². The Kier molecular flexibility index (Phi) is 60.7. The van der Waals surface area contributed by atoms with Crippen molar-refractivity contribution in [1.82, 2.24) is 0 Å². The Bertz CT molecular complexity index is 1280. The fourth-order valence-corrected chi connectivity index (χ4v) is 9.62. The number of unbranched alkanes of at least 4 members (excludes halogenated alkanes) is 41. The second-order valence-corrected chi connectivity index (χ2v) is 22.0. The maximum absolute atomic E-state index is 12.9. The Labute approximate surface area is 460 Å². The minimum atomic E-state index is -0.772. The van der Waals surface area contributed by atoms with E-state index in [-0.39, 0.29) is 31.1 Å². The molecule has 0 bridgehead atoms. The highest BCUT2D eigenvalue weighted by Gasteiger charge is 2.19. The molecule has 0 N–H and O–H groups in total. The number of hydrogen-bond acceptors (Lipinski definition) is 6. The summed E-state index contributed by atoms with van der Waals surface area (Å²) in [6.45, 7) is 6.64. The van der Waals surface area contributed by atoms with Gasteiger partial charge >= 0.3 is 17.9 Å². The van der Waals surface area contributed by atoms with E-state index >= 15 is 0 Å². The van der Waals surface area contributed by atoms with Crippen LogP contribution >= 0.6 is 0 Å². The normalized spacial score (nSPS) is 12.3. The summed E-state index contributed by atoms with van der Waals surface area (Å²) in [5, 5.41) is 0. The molecule has 6 nitrogen and oxygen atoms in total. The summed E-state index contributed by atoms with van der Waals surface area (Å²) < 4.78 is 16.9. The van der Waals surface area contributed by atoms with Gasteiger partial charge in [0.15, 0.2) is 6.10 Å². The highest BCUT2D eigenvalue weighted by atomic mass is 16.6. The second-order valence-electron chi connectivity index (χ2n) is 22.0. The molecule has 0 amide bonds. The van der Waals surface area contributed by atoms with Crippen molar-refractivity contribution >= 4 is 17.9 Å². The van der Waals surface area contributed by atoms with Gasteiger partial charge in [0.05, 0.1) is 0 Å². The van der Waals surface area contributed by atoms with Crippen LogP contribution in [0, 0.1) is 0 Å². The third-order valence-corrected chi connectivity index (χ3v) is 14.6. The van der Waals surface area contributed by atoms with E-state index in [0.29, 0.717) is 19.3 Å². The lowest BCUT2D eigenvalue weighted by Gasteiger charge is -2.18. The van der Waals surface area contributed by atoms with Gasteiger partial charge in [-0.25, -0.2) is 0 Å². The van der Waals surface area contributed by atoms with Gasteiger partial charge in [0.2, 0.25) is 0 Å². The zero-order chi connectivity index (χ0) is 53.6. The number of ether oxygens (including phenoxy) is 3. The lowest BCUT2D eigenvalue weighted by Crippen LogP contribution is -2.30. The summed E-state index contributed by atoms with van der Waals surface area (Å²) in [6.07, 6.45) is 78.5. The van der Waals surface area contributed by atoms with Crippen molar-refractivity contribution in [2.75, 3.05) is 13.2 Å². The van der Waals surface area contributed by atoms with Gasteiger partial charge in [-0.2, -0.15) is 0 Å². The molecular weight excluding hydrogens is 913 g/mol. The molecule has 1 atom stereocenters. The standard InChI is InChI=1S/C68H124O6/c1-4-7-10-13-16-19-21-23-25-27-29-31-33-34-36-37-39-41-43-45-47-49-52-55-58-61-67(70)73-64-65(63-72-66(69)60-57-54-51-18-15-12-9-6-3)74-68(71)62-59-56-53-50-48-46-44-42-40-38-35-32-30-28-26-24-22-20-17-14-11-8-5-2/h21,23,27-30,33-34,65H,4-20,22,24-26,31-32,35-64H2,1-3H3/b23-21-,29-27-,30-28-,34-33-. The summed E-state index contributed by atoms with van der Waals surface area (Å²) in [6, 6.07) is 0. The van der Waals surface area contributed by atoms with Crippen molar-refractivity contribution in [2.24, 2.45) is 0 Å². The zero-order valence-electron chi connectivity index (χ0n) is 49.6. The van der Waals surface area contributed by atoms with E-state index < -0.39 is 6.10 Å². The van der Waals surface area contributed by atoms with Crippen molar-refractivity contribution in [1.29, 1.82) is 0 Å². The Morgan fingerprint density at radius 2 is 0.486 bits per heavy atom. The minimum absolute atomic E-state index is 0.0714. The lowest BCUT2D eigenvalue weighted by atomic mass is 10.0. The highest BCUT2D eigenvalue weighted by molar-refractivity contribution is 5.71. The van der Waals surface area contributed by atoms with Crippen LogP contribution in [0.1, 0.15) is 348 Å². The van der Waals surface area contributed by atoms with Crippen LogP contribution in [0.25, 0.3) is 0 Å².